The first-order valence-corrected chi connectivity index (χ1v) is 5.33. The van der Waals surface area contributed by atoms with E-state index in [0.29, 0.717) is 24.7 Å². The second-order valence-corrected chi connectivity index (χ2v) is 4.55. The second kappa shape index (κ2) is 7.21. The third-order valence-corrected chi connectivity index (χ3v) is 1.64. The molecule has 0 radical (unpaired) electrons. The largest absolute Gasteiger partial charge is 0.509 e. The quantitative estimate of drug-likeness (QED) is 0.659. The van der Waals surface area contributed by atoms with E-state index >= 15 is 0 Å². The molecular weight excluding hydrogens is 192 g/mol. The van der Waals surface area contributed by atoms with Gasteiger partial charge in [0.05, 0.1) is 0 Å². The molecular formula is C12H22O3. The normalized spacial score (nSPS) is 13.7. The number of aliphatic hydroxyl groups is 2. The lowest BCUT2D eigenvalue weighted by Gasteiger charge is -2.04. The molecule has 0 spiro atoms. The van der Waals surface area contributed by atoms with Gasteiger partial charge in [0.1, 0.15) is 24.0 Å². The van der Waals surface area contributed by atoms with E-state index in [9.17, 15) is 10.2 Å². The molecule has 0 unspecified atom stereocenters. The van der Waals surface area contributed by atoms with Crippen LogP contribution in [0.1, 0.15) is 40.5 Å². The Morgan fingerprint density at radius 2 is 1.27 bits per heavy atom. The second-order valence-electron chi connectivity index (χ2n) is 4.55. The Bertz CT molecular complexity index is 203. The van der Waals surface area contributed by atoms with E-state index in [2.05, 4.69) is 0 Å². The number of aliphatic hydroxyl groups excluding tert-OH is 2. The first-order valence-electron chi connectivity index (χ1n) is 5.33. The van der Waals surface area contributed by atoms with Crippen molar-refractivity contribution < 1.29 is 14.9 Å². The fourth-order valence-electron chi connectivity index (χ4n) is 1.12. The Labute approximate surface area is 92.1 Å². The molecule has 0 saturated carbocycles. The summed E-state index contributed by atoms with van der Waals surface area (Å²) in [6.45, 7) is 8.04. The number of rotatable bonds is 6. The van der Waals surface area contributed by atoms with Crippen LogP contribution in [-0.2, 0) is 4.74 Å². The lowest BCUT2D eigenvalue weighted by Crippen LogP contribution is -1.92. The molecule has 0 aromatic heterocycles. The van der Waals surface area contributed by atoms with Crippen LogP contribution in [0.4, 0.5) is 0 Å². The Morgan fingerprint density at radius 1 is 0.933 bits per heavy atom. The Balaban J connectivity index is 3.94. The molecule has 15 heavy (non-hydrogen) atoms. The number of ether oxygens (including phenoxy) is 1. The zero-order chi connectivity index (χ0) is 11.8. The number of hydrogen-bond donors (Lipinski definition) is 2. The minimum atomic E-state index is 0.193. The van der Waals surface area contributed by atoms with Crippen molar-refractivity contribution in [3.63, 3.8) is 0 Å². The lowest BCUT2D eigenvalue weighted by atomic mass is 10.1. The van der Waals surface area contributed by atoms with Gasteiger partial charge in [-0.3, -0.25) is 0 Å². The monoisotopic (exact) mass is 214 g/mol. The van der Waals surface area contributed by atoms with Gasteiger partial charge in [-0.05, 0) is 11.8 Å². The summed E-state index contributed by atoms with van der Waals surface area (Å²) in [7, 11) is 0. The van der Waals surface area contributed by atoms with Crippen LogP contribution in [0.25, 0.3) is 0 Å². The van der Waals surface area contributed by atoms with E-state index in [4.69, 9.17) is 4.74 Å². The minimum absolute atomic E-state index is 0.193. The van der Waals surface area contributed by atoms with Gasteiger partial charge in [0.2, 0.25) is 0 Å². The summed E-state index contributed by atoms with van der Waals surface area (Å²) < 4.78 is 4.93. The summed E-state index contributed by atoms with van der Waals surface area (Å²) in [4.78, 5) is 0. The van der Waals surface area contributed by atoms with Crippen LogP contribution in [0.3, 0.4) is 0 Å². The molecule has 0 bridgehead atoms. The predicted octanol–water partition coefficient (Wildman–Crippen LogP) is 3.89. The van der Waals surface area contributed by atoms with Crippen molar-refractivity contribution in [1.82, 2.24) is 0 Å². The highest BCUT2D eigenvalue weighted by Crippen LogP contribution is 2.10. The van der Waals surface area contributed by atoms with Gasteiger partial charge in [-0.1, -0.05) is 27.7 Å². The molecule has 0 aliphatic heterocycles. The van der Waals surface area contributed by atoms with Crippen molar-refractivity contribution in [2.45, 2.75) is 40.5 Å². The molecule has 0 aromatic carbocycles. The molecule has 0 fully saturated rings. The van der Waals surface area contributed by atoms with Crippen LogP contribution in [0, 0.1) is 11.8 Å². The molecule has 0 aliphatic carbocycles. The average Bonchev–Trinajstić information content (AvgIpc) is 2.00. The summed E-state index contributed by atoms with van der Waals surface area (Å²) in [5.74, 6) is 1.16. The highest BCUT2D eigenvalue weighted by Gasteiger charge is 2.00. The van der Waals surface area contributed by atoms with Crippen molar-refractivity contribution in [2.75, 3.05) is 0 Å². The standard InChI is InChI=1S/C12H22O3/c1-9(2)5-11(13)7-15-8-12(14)6-10(3)4/h7-10,13-14H,5-6H2,1-4H3. The Hall–Kier alpha value is -1.12. The van der Waals surface area contributed by atoms with Crippen LogP contribution < -0.4 is 0 Å². The molecule has 0 aliphatic rings. The van der Waals surface area contributed by atoms with Crippen molar-refractivity contribution in [3.8, 4) is 0 Å². The van der Waals surface area contributed by atoms with Crippen LogP contribution >= 0.6 is 0 Å². The van der Waals surface area contributed by atoms with Gasteiger partial charge in [0.15, 0.2) is 0 Å². The number of hydrogen-bond acceptors (Lipinski definition) is 3. The van der Waals surface area contributed by atoms with Gasteiger partial charge in [-0.2, -0.15) is 0 Å². The lowest BCUT2D eigenvalue weighted by molar-refractivity contribution is 0.283. The van der Waals surface area contributed by atoms with Crippen LogP contribution in [0.15, 0.2) is 24.0 Å². The zero-order valence-electron chi connectivity index (χ0n) is 10.0. The van der Waals surface area contributed by atoms with Crippen LogP contribution in [0.5, 0.6) is 0 Å². The van der Waals surface area contributed by atoms with Crippen molar-refractivity contribution >= 4 is 0 Å². The Morgan fingerprint density at radius 3 is 1.53 bits per heavy atom. The van der Waals surface area contributed by atoms with Gasteiger partial charge in [-0.25, -0.2) is 0 Å². The van der Waals surface area contributed by atoms with E-state index in [0.717, 1.165) is 0 Å². The van der Waals surface area contributed by atoms with Crippen molar-refractivity contribution in [3.05, 3.63) is 24.0 Å². The fourth-order valence-corrected chi connectivity index (χ4v) is 1.12. The maximum absolute atomic E-state index is 9.34. The minimum Gasteiger partial charge on any atom is -0.509 e. The zero-order valence-corrected chi connectivity index (χ0v) is 10.0. The molecule has 0 rings (SSSR count). The van der Waals surface area contributed by atoms with Crippen LogP contribution in [-0.4, -0.2) is 10.2 Å². The summed E-state index contributed by atoms with van der Waals surface area (Å²) in [6.07, 6.45) is 3.69. The fraction of sp³-hybridized carbons (Fsp3) is 0.667. The van der Waals surface area contributed by atoms with E-state index in [-0.39, 0.29) is 11.5 Å². The van der Waals surface area contributed by atoms with Gasteiger partial charge >= 0.3 is 0 Å². The molecule has 0 aromatic rings. The van der Waals surface area contributed by atoms with Gasteiger partial charge in [0, 0.05) is 12.8 Å². The molecule has 3 heteroatoms. The maximum atomic E-state index is 9.34. The van der Waals surface area contributed by atoms with E-state index < -0.39 is 0 Å². The molecule has 0 atom stereocenters. The third-order valence-electron chi connectivity index (χ3n) is 1.64. The van der Waals surface area contributed by atoms with Crippen molar-refractivity contribution in [1.29, 1.82) is 0 Å². The van der Waals surface area contributed by atoms with Crippen LogP contribution in [0.2, 0.25) is 0 Å². The SMILES string of the molecule is CC(C)CC(O)=COC=C(O)CC(C)C. The van der Waals surface area contributed by atoms with Gasteiger partial charge in [0.25, 0.3) is 0 Å². The topological polar surface area (TPSA) is 49.7 Å². The molecule has 88 valence electrons. The summed E-state index contributed by atoms with van der Waals surface area (Å²) in [5.41, 5.74) is 0. The van der Waals surface area contributed by atoms with Gasteiger partial charge < -0.3 is 14.9 Å². The first kappa shape index (κ1) is 13.9. The molecule has 2 N–H and O–H groups in total. The Kier molecular flexibility index (Phi) is 6.67. The predicted molar refractivity (Wildman–Crippen MR) is 61.4 cm³/mol. The molecule has 0 saturated heterocycles. The highest BCUT2D eigenvalue weighted by atomic mass is 16.5. The summed E-state index contributed by atoms with van der Waals surface area (Å²) in [6, 6.07) is 0. The molecule has 3 nitrogen and oxygen atoms in total. The van der Waals surface area contributed by atoms with E-state index in [1.165, 1.54) is 12.5 Å². The summed E-state index contributed by atoms with van der Waals surface area (Å²) >= 11 is 0. The number of allylic oxidation sites excluding steroid dienone is 2. The molecule has 0 amide bonds. The molecule has 0 heterocycles. The van der Waals surface area contributed by atoms with E-state index in [1.54, 1.807) is 0 Å². The third kappa shape index (κ3) is 9.19. The highest BCUT2D eigenvalue weighted by molar-refractivity contribution is 4.91. The van der Waals surface area contributed by atoms with Crippen molar-refractivity contribution in [2.24, 2.45) is 11.8 Å². The van der Waals surface area contributed by atoms with E-state index in [1.807, 2.05) is 27.7 Å². The maximum Gasteiger partial charge on any atom is 0.128 e. The first-order chi connectivity index (χ1) is 6.91. The smallest absolute Gasteiger partial charge is 0.128 e. The average molecular weight is 214 g/mol. The summed E-state index contributed by atoms with van der Waals surface area (Å²) in [5, 5.41) is 18.7. The van der Waals surface area contributed by atoms with Gasteiger partial charge in [-0.15, -0.1) is 0 Å².